The number of nitrogens with two attached hydrogens (primary N) is 1. The van der Waals surface area contributed by atoms with Gasteiger partial charge in [0.2, 0.25) is 11.8 Å². The molecule has 1 aliphatic rings. The minimum atomic E-state index is -0.170. The number of benzene rings is 3. The molecule has 3 aromatic carbocycles. The number of piperidine rings is 1. The number of carbonyl (C=O) groups is 2. The van der Waals surface area contributed by atoms with E-state index in [9.17, 15) is 9.59 Å². The summed E-state index contributed by atoms with van der Waals surface area (Å²) in [6.45, 7) is 2.82. The first kappa shape index (κ1) is 22.7. The number of anilines is 1. The van der Waals surface area contributed by atoms with Crippen LogP contribution in [0.25, 0.3) is 11.1 Å². The highest BCUT2D eigenvalue weighted by Gasteiger charge is 2.22. The van der Waals surface area contributed by atoms with E-state index in [0.717, 1.165) is 55.7 Å². The second kappa shape index (κ2) is 10.9. The summed E-state index contributed by atoms with van der Waals surface area (Å²) < 4.78 is 0. The first-order valence-electron chi connectivity index (χ1n) is 11.6. The lowest BCUT2D eigenvalue weighted by molar-refractivity contribution is -0.123. The Labute approximate surface area is 195 Å². The molecule has 3 aromatic rings. The van der Waals surface area contributed by atoms with Crippen LogP contribution in [0.3, 0.4) is 0 Å². The van der Waals surface area contributed by atoms with Gasteiger partial charge in [-0.05, 0) is 66.7 Å². The lowest BCUT2D eigenvalue weighted by atomic mass is 9.96. The third kappa shape index (κ3) is 6.53. The van der Waals surface area contributed by atoms with Gasteiger partial charge in [-0.25, -0.2) is 0 Å². The molecule has 0 saturated carbocycles. The number of nitrogens with zero attached hydrogens (tertiary/aromatic N) is 1. The number of rotatable bonds is 8. The van der Waals surface area contributed by atoms with Gasteiger partial charge in [0.05, 0.1) is 6.42 Å². The Morgan fingerprint density at radius 2 is 1.42 bits per heavy atom. The molecule has 3 N–H and O–H groups in total. The van der Waals surface area contributed by atoms with Crippen molar-refractivity contribution in [1.29, 1.82) is 0 Å². The second-order valence-electron chi connectivity index (χ2n) is 8.75. The van der Waals surface area contributed by atoms with Gasteiger partial charge in [0.15, 0.2) is 0 Å². The maximum absolute atomic E-state index is 12.5. The molecule has 0 atom stereocenters. The molecule has 1 saturated heterocycles. The molecule has 170 valence electrons. The lowest BCUT2D eigenvalue weighted by Crippen LogP contribution is -2.39. The Balaban J connectivity index is 1.22. The molecular weight excluding hydrogens is 410 g/mol. The average molecular weight is 442 g/mol. The fourth-order valence-electron chi connectivity index (χ4n) is 4.32. The summed E-state index contributed by atoms with van der Waals surface area (Å²) in [4.78, 5) is 26.2. The lowest BCUT2D eigenvalue weighted by Gasteiger charge is -2.30. The zero-order chi connectivity index (χ0) is 23.0. The van der Waals surface area contributed by atoms with Crippen molar-refractivity contribution in [2.45, 2.75) is 25.7 Å². The van der Waals surface area contributed by atoms with E-state index < -0.39 is 0 Å². The van der Waals surface area contributed by atoms with Crippen molar-refractivity contribution in [3.05, 3.63) is 90.0 Å². The van der Waals surface area contributed by atoms with Crippen LogP contribution in [0.5, 0.6) is 0 Å². The zero-order valence-electron chi connectivity index (χ0n) is 18.9. The van der Waals surface area contributed by atoms with Gasteiger partial charge in [-0.15, -0.1) is 0 Å². The van der Waals surface area contributed by atoms with E-state index in [4.69, 9.17) is 5.73 Å². The van der Waals surface area contributed by atoms with Crippen molar-refractivity contribution in [2.75, 3.05) is 25.0 Å². The van der Waals surface area contributed by atoms with Gasteiger partial charge in [-0.1, -0.05) is 66.7 Å². The van der Waals surface area contributed by atoms with Crippen molar-refractivity contribution in [2.24, 2.45) is 11.7 Å². The SMILES string of the molecule is NC(=O)C1CCN(CCc2ccc(NC(=O)Cc3ccc(-c4ccccc4)cc3)cc2)CC1. The molecule has 1 heterocycles. The third-order valence-electron chi connectivity index (χ3n) is 6.37. The Hall–Kier alpha value is -3.44. The van der Waals surface area contributed by atoms with Crippen molar-refractivity contribution in [3.8, 4) is 11.1 Å². The van der Waals surface area contributed by atoms with Crippen LogP contribution in [0.4, 0.5) is 5.69 Å². The largest absolute Gasteiger partial charge is 0.369 e. The predicted molar refractivity (Wildman–Crippen MR) is 133 cm³/mol. The van der Waals surface area contributed by atoms with Crippen molar-refractivity contribution in [3.63, 3.8) is 0 Å². The Morgan fingerprint density at radius 1 is 0.818 bits per heavy atom. The van der Waals surface area contributed by atoms with Gasteiger partial charge in [-0.3, -0.25) is 9.59 Å². The van der Waals surface area contributed by atoms with Crippen molar-refractivity contribution < 1.29 is 9.59 Å². The van der Waals surface area contributed by atoms with E-state index in [0.29, 0.717) is 6.42 Å². The fraction of sp³-hybridized carbons (Fsp3) is 0.286. The summed E-state index contributed by atoms with van der Waals surface area (Å²) in [6, 6.07) is 26.4. The Bertz CT molecular complexity index is 1050. The molecule has 2 amide bonds. The summed E-state index contributed by atoms with van der Waals surface area (Å²) in [6.07, 6.45) is 3.01. The first-order chi connectivity index (χ1) is 16.1. The maximum atomic E-state index is 12.5. The number of hydrogen-bond donors (Lipinski definition) is 2. The fourth-order valence-corrected chi connectivity index (χ4v) is 4.32. The molecule has 4 rings (SSSR count). The summed E-state index contributed by atoms with van der Waals surface area (Å²) in [5, 5.41) is 2.99. The molecular formula is C28H31N3O2. The van der Waals surface area contributed by atoms with E-state index >= 15 is 0 Å². The molecule has 0 bridgehead atoms. The molecule has 33 heavy (non-hydrogen) atoms. The summed E-state index contributed by atoms with van der Waals surface area (Å²) in [7, 11) is 0. The van der Waals surface area contributed by atoms with E-state index in [-0.39, 0.29) is 17.7 Å². The van der Waals surface area contributed by atoms with E-state index in [1.165, 1.54) is 11.1 Å². The summed E-state index contributed by atoms with van der Waals surface area (Å²) in [5.74, 6) is -0.157. The number of primary amides is 1. The van der Waals surface area contributed by atoms with Gasteiger partial charge in [0.25, 0.3) is 0 Å². The van der Waals surface area contributed by atoms with Gasteiger partial charge in [0, 0.05) is 18.2 Å². The first-order valence-corrected chi connectivity index (χ1v) is 11.6. The Kier molecular flexibility index (Phi) is 7.53. The number of likely N-dealkylation sites (tertiary alicyclic amines) is 1. The maximum Gasteiger partial charge on any atom is 0.228 e. The number of hydrogen-bond acceptors (Lipinski definition) is 3. The Morgan fingerprint density at radius 3 is 2.06 bits per heavy atom. The third-order valence-corrected chi connectivity index (χ3v) is 6.37. The monoisotopic (exact) mass is 441 g/mol. The normalized spacial score (nSPS) is 14.7. The molecule has 0 aliphatic carbocycles. The molecule has 0 aromatic heterocycles. The highest BCUT2D eigenvalue weighted by atomic mass is 16.2. The van der Waals surface area contributed by atoms with Gasteiger partial charge >= 0.3 is 0 Å². The van der Waals surface area contributed by atoms with Crippen LogP contribution >= 0.6 is 0 Å². The summed E-state index contributed by atoms with van der Waals surface area (Å²) in [5.41, 5.74) is 10.8. The van der Waals surface area contributed by atoms with E-state index in [1.54, 1.807) is 0 Å². The van der Waals surface area contributed by atoms with Crippen LogP contribution in [0.2, 0.25) is 0 Å². The zero-order valence-corrected chi connectivity index (χ0v) is 18.9. The van der Waals surface area contributed by atoms with Crippen LogP contribution in [0, 0.1) is 5.92 Å². The minimum Gasteiger partial charge on any atom is -0.369 e. The molecule has 1 aliphatic heterocycles. The second-order valence-corrected chi connectivity index (χ2v) is 8.75. The van der Waals surface area contributed by atoms with Crippen LogP contribution in [-0.2, 0) is 22.4 Å². The quantitative estimate of drug-likeness (QED) is 0.548. The predicted octanol–water partition coefficient (Wildman–Crippen LogP) is 4.27. The number of amides is 2. The standard InChI is InChI=1S/C28H31N3O2/c29-28(33)25-15-18-31(19-16-25)17-14-21-8-12-26(13-9-21)30-27(32)20-22-6-10-24(11-7-22)23-4-2-1-3-5-23/h1-13,25H,14-20H2,(H2,29,33)(H,30,32). The smallest absolute Gasteiger partial charge is 0.228 e. The minimum absolute atomic E-state index is 0.0208. The molecule has 5 heteroatoms. The van der Waals surface area contributed by atoms with Crippen molar-refractivity contribution in [1.82, 2.24) is 4.90 Å². The number of nitrogens with one attached hydrogen (secondary N) is 1. The van der Waals surface area contributed by atoms with Gasteiger partial charge < -0.3 is 16.0 Å². The molecule has 0 radical (unpaired) electrons. The molecule has 5 nitrogen and oxygen atoms in total. The number of carbonyl (C=O) groups excluding carboxylic acids is 2. The van der Waals surface area contributed by atoms with Crippen LogP contribution in [-0.4, -0.2) is 36.3 Å². The van der Waals surface area contributed by atoms with Crippen LogP contribution in [0.15, 0.2) is 78.9 Å². The van der Waals surface area contributed by atoms with Gasteiger partial charge in [0.1, 0.15) is 0 Å². The van der Waals surface area contributed by atoms with Crippen molar-refractivity contribution >= 4 is 17.5 Å². The highest BCUT2D eigenvalue weighted by molar-refractivity contribution is 5.92. The molecule has 0 spiro atoms. The van der Waals surface area contributed by atoms with Crippen LogP contribution < -0.4 is 11.1 Å². The molecule has 1 fully saturated rings. The summed E-state index contributed by atoms with van der Waals surface area (Å²) >= 11 is 0. The molecule has 0 unspecified atom stereocenters. The van der Waals surface area contributed by atoms with E-state index in [2.05, 4.69) is 46.6 Å². The van der Waals surface area contributed by atoms with Crippen LogP contribution in [0.1, 0.15) is 24.0 Å². The topological polar surface area (TPSA) is 75.4 Å². The van der Waals surface area contributed by atoms with E-state index in [1.807, 2.05) is 42.5 Å². The average Bonchev–Trinajstić information content (AvgIpc) is 2.85. The highest BCUT2D eigenvalue weighted by Crippen LogP contribution is 2.20. The van der Waals surface area contributed by atoms with Gasteiger partial charge in [-0.2, -0.15) is 0 Å².